The van der Waals surface area contributed by atoms with Crippen LogP contribution in [0.4, 0.5) is 0 Å². The summed E-state index contributed by atoms with van der Waals surface area (Å²) in [6, 6.07) is 1.45. The van der Waals surface area contributed by atoms with Crippen LogP contribution in [-0.4, -0.2) is 49.3 Å². The third-order valence-electron chi connectivity index (χ3n) is 4.74. The van der Waals surface area contributed by atoms with E-state index in [-0.39, 0.29) is 0 Å². The molecule has 1 heterocycles. The molecule has 0 aromatic rings. The van der Waals surface area contributed by atoms with Gasteiger partial charge in [0.1, 0.15) is 0 Å². The Kier molecular flexibility index (Phi) is 5.67. The zero-order chi connectivity index (χ0) is 13.8. The Labute approximate surface area is 119 Å². The lowest BCUT2D eigenvalue weighted by molar-refractivity contribution is -0.0985. The van der Waals surface area contributed by atoms with Crippen LogP contribution >= 0.6 is 0 Å². The van der Waals surface area contributed by atoms with E-state index in [9.17, 15) is 0 Å². The maximum Gasteiger partial charge on any atom is 0.0674 e. The molecule has 0 aromatic carbocycles. The van der Waals surface area contributed by atoms with E-state index in [1.807, 2.05) is 0 Å². The van der Waals surface area contributed by atoms with E-state index in [0.29, 0.717) is 12.1 Å². The summed E-state index contributed by atoms with van der Waals surface area (Å²) in [6.45, 7) is 13.5. The predicted molar refractivity (Wildman–Crippen MR) is 80.4 cm³/mol. The highest BCUT2D eigenvalue weighted by molar-refractivity contribution is 4.94. The number of morpholine rings is 1. The van der Waals surface area contributed by atoms with Crippen molar-refractivity contribution in [2.24, 2.45) is 11.8 Å². The molecule has 1 N–H and O–H groups in total. The molecular formula is C16H32N2O. The average molecular weight is 268 g/mol. The summed E-state index contributed by atoms with van der Waals surface area (Å²) >= 11 is 0. The van der Waals surface area contributed by atoms with E-state index >= 15 is 0 Å². The lowest BCUT2D eigenvalue weighted by atomic mass is 9.77. The van der Waals surface area contributed by atoms with E-state index in [1.54, 1.807) is 0 Å². The molecule has 4 unspecified atom stereocenters. The van der Waals surface area contributed by atoms with Gasteiger partial charge in [-0.2, -0.15) is 0 Å². The number of hydrogen-bond acceptors (Lipinski definition) is 3. The third-order valence-corrected chi connectivity index (χ3v) is 4.74. The van der Waals surface area contributed by atoms with Gasteiger partial charge in [0.15, 0.2) is 0 Å². The van der Waals surface area contributed by atoms with Gasteiger partial charge >= 0.3 is 0 Å². The summed E-state index contributed by atoms with van der Waals surface area (Å²) < 4.78 is 5.82. The largest absolute Gasteiger partial charge is 0.376 e. The van der Waals surface area contributed by atoms with Gasteiger partial charge in [-0.25, -0.2) is 0 Å². The minimum Gasteiger partial charge on any atom is -0.376 e. The van der Waals surface area contributed by atoms with Crippen molar-refractivity contribution in [1.82, 2.24) is 10.2 Å². The standard InChI is InChI=1S/C16H32N2O/c1-5-15-11-19-13(4)10-18(15)16-7-6-14(16)9-17-8-12(2)3/h12-17H,5-11H2,1-4H3. The van der Waals surface area contributed by atoms with Crippen LogP contribution in [0.1, 0.15) is 47.0 Å². The highest BCUT2D eigenvalue weighted by Crippen LogP contribution is 2.35. The second kappa shape index (κ2) is 7.05. The molecule has 1 saturated carbocycles. The quantitative estimate of drug-likeness (QED) is 0.801. The van der Waals surface area contributed by atoms with Gasteiger partial charge < -0.3 is 10.1 Å². The molecule has 112 valence electrons. The van der Waals surface area contributed by atoms with Gasteiger partial charge in [0.05, 0.1) is 12.7 Å². The van der Waals surface area contributed by atoms with Crippen LogP contribution in [0.5, 0.6) is 0 Å². The third kappa shape index (κ3) is 3.93. The molecule has 0 amide bonds. The summed E-state index contributed by atoms with van der Waals surface area (Å²) in [6.07, 6.45) is 4.41. The molecule has 4 atom stereocenters. The number of nitrogens with zero attached hydrogens (tertiary/aromatic N) is 1. The molecule has 0 spiro atoms. The Morgan fingerprint density at radius 2 is 2.11 bits per heavy atom. The Morgan fingerprint density at radius 1 is 1.32 bits per heavy atom. The molecule has 1 aliphatic carbocycles. The highest BCUT2D eigenvalue weighted by atomic mass is 16.5. The Morgan fingerprint density at radius 3 is 2.68 bits per heavy atom. The van der Waals surface area contributed by atoms with Gasteiger partial charge in [-0.3, -0.25) is 4.90 Å². The zero-order valence-corrected chi connectivity index (χ0v) is 13.2. The molecule has 1 aliphatic heterocycles. The first-order valence-electron chi connectivity index (χ1n) is 8.19. The summed E-state index contributed by atoms with van der Waals surface area (Å²) in [4.78, 5) is 2.75. The second-order valence-corrected chi connectivity index (χ2v) is 6.86. The maximum absolute atomic E-state index is 5.82. The summed E-state index contributed by atoms with van der Waals surface area (Å²) in [5.41, 5.74) is 0. The molecule has 2 aliphatic rings. The van der Waals surface area contributed by atoms with Crippen molar-refractivity contribution in [2.75, 3.05) is 26.2 Å². The topological polar surface area (TPSA) is 24.5 Å². The first kappa shape index (κ1) is 15.3. The lowest BCUT2D eigenvalue weighted by Gasteiger charge is -2.50. The number of hydrogen-bond donors (Lipinski definition) is 1. The second-order valence-electron chi connectivity index (χ2n) is 6.86. The first-order chi connectivity index (χ1) is 9.11. The van der Waals surface area contributed by atoms with Gasteiger partial charge in [0, 0.05) is 18.6 Å². The van der Waals surface area contributed by atoms with Gasteiger partial charge in [0.25, 0.3) is 0 Å². The molecule has 2 fully saturated rings. The van der Waals surface area contributed by atoms with Crippen molar-refractivity contribution in [3.05, 3.63) is 0 Å². The van der Waals surface area contributed by atoms with Crippen LogP contribution in [0.3, 0.4) is 0 Å². The van der Waals surface area contributed by atoms with E-state index in [2.05, 4.69) is 37.9 Å². The lowest BCUT2D eigenvalue weighted by Crippen LogP contribution is -2.59. The van der Waals surface area contributed by atoms with Gasteiger partial charge in [-0.1, -0.05) is 20.8 Å². The fraction of sp³-hybridized carbons (Fsp3) is 1.00. The molecule has 1 saturated heterocycles. The number of rotatable bonds is 6. The van der Waals surface area contributed by atoms with Crippen LogP contribution in [0, 0.1) is 11.8 Å². The van der Waals surface area contributed by atoms with E-state index in [4.69, 9.17) is 4.74 Å². The fourth-order valence-corrected chi connectivity index (χ4v) is 3.41. The SMILES string of the molecule is CCC1COC(C)CN1C1CCC1CNCC(C)C. The summed E-state index contributed by atoms with van der Waals surface area (Å²) in [5.74, 6) is 1.61. The van der Waals surface area contributed by atoms with Crippen molar-refractivity contribution >= 4 is 0 Å². The monoisotopic (exact) mass is 268 g/mol. The van der Waals surface area contributed by atoms with Crippen LogP contribution in [0.2, 0.25) is 0 Å². The van der Waals surface area contributed by atoms with Crippen LogP contribution in [-0.2, 0) is 4.74 Å². The predicted octanol–water partition coefficient (Wildman–Crippen LogP) is 2.51. The van der Waals surface area contributed by atoms with Crippen LogP contribution in [0.25, 0.3) is 0 Å². The van der Waals surface area contributed by atoms with E-state index < -0.39 is 0 Å². The molecule has 2 rings (SSSR count). The minimum absolute atomic E-state index is 0.410. The van der Waals surface area contributed by atoms with Crippen LogP contribution < -0.4 is 5.32 Å². The molecule has 0 aromatic heterocycles. The van der Waals surface area contributed by atoms with Gasteiger partial charge in [-0.15, -0.1) is 0 Å². The molecule has 0 radical (unpaired) electrons. The fourth-order valence-electron chi connectivity index (χ4n) is 3.41. The molecule has 3 heteroatoms. The minimum atomic E-state index is 0.410. The first-order valence-corrected chi connectivity index (χ1v) is 8.19. The average Bonchev–Trinajstić information content (AvgIpc) is 2.33. The number of ether oxygens (including phenoxy) is 1. The molecule has 19 heavy (non-hydrogen) atoms. The van der Waals surface area contributed by atoms with Gasteiger partial charge in [-0.05, 0) is 51.1 Å². The van der Waals surface area contributed by atoms with E-state index in [0.717, 1.165) is 37.6 Å². The Balaban J connectivity index is 1.82. The molecular weight excluding hydrogens is 236 g/mol. The Hall–Kier alpha value is -0.120. The maximum atomic E-state index is 5.82. The van der Waals surface area contributed by atoms with Crippen molar-refractivity contribution in [1.29, 1.82) is 0 Å². The van der Waals surface area contributed by atoms with Crippen LogP contribution in [0.15, 0.2) is 0 Å². The van der Waals surface area contributed by atoms with Crippen molar-refractivity contribution in [3.8, 4) is 0 Å². The van der Waals surface area contributed by atoms with Crippen molar-refractivity contribution in [2.45, 2.75) is 65.1 Å². The van der Waals surface area contributed by atoms with Gasteiger partial charge in [0.2, 0.25) is 0 Å². The van der Waals surface area contributed by atoms with Crippen molar-refractivity contribution in [3.63, 3.8) is 0 Å². The molecule has 3 nitrogen and oxygen atoms in total. The normalized spacial score (nSPS) is 36.5. The van der Waals surface area contributed by atoms with Crippen molar-refractivity contribution < 1.29 is 4.74 Å². The smallest absolute Gasteiger partial charge is 0.0674 e. The zero-order valence-electron chi connectivity index (χ0n) is 13.2. The highest BCUT2D eigenvalue weighted by Gasteiger charge is 2.40. The van der Waals surface area contributed by atoms with E-state index in [1.165, 1.54) is 25.8 Å². The molecule has 0 bridgehead atoms. The Bertz CT molecular complexity index is 269. The summed E-state index contributed by atoms with van der Waals surface area (Å²) in [7, 11) is 0. The number of nitrogens with one attached hydrogen (secondary N) is 1. The summed E-state index contributed by atoms with van der Waals surface area (Å²) in [5, 5.41) is 3.64.